The SMILES string of the molecule is C[C@H]1c2cc(N3CCN(C(=O)O)CC3)cnc2CN1Cc1ccccc1. The van der Waals surface area contributed by atoms with Gasteiger partial charge >= 0.3 is 6.09 Å². The van der Waals surface area contributed by atoms with E-state index in [9.17, 15) is 4.79 Å². The number of fused-ring (bicyclic) bond motifs is 1. The largest absolute Gasteiger partial charge is 0.465 e. The van der Waals surface area contributed by atoms with Gasteiger partial charge in [0.05, 0.1) is 17.6 Å². The van der Waals surface area contributed by atoms with E-state index in [1.54, 1.807) is 0 Å². The van der Waals surface area contributed by atoms with Crippen molar-refractivity contribution in [3.8, 4) is 0 Å². The monoisotopic (exact) mass is 352 g/mol. The summed E-state index contributed by atoms with van der Waals surface area (Å²) in [6, 6.07) is 13.1. The fourth-order valence-corrected chi connectivity index (χ4v) is 3.86. The molecule has 0 unspecified atom stereocenters. The van der Waals surface area contributed by atoms with Crippen LogP contribution < -0.4 is 4.90 Å². The average Bonchev–Trinajstić information content (AvgIpc) is 2.98. The summed E-state index contributed by atoms with van der Waals surface area (Å²) in [5.41, 5.74) is 4.86. The molecule has 0 spiro atoms. The van der Waals surface area contributed by atoms with Gasteiger partial charge in [-0.1, -0.05) is 30.3 Å². The highest BCUT2D eigenvalue weighted by Gasteiger charge is 2.29. The first-order chi connectivity index (χ1) is 12.6. The fraction of sp³-hybridized carbons (Fsp3) is 0.400. The zero-order chi connectivity index (χ0) is 18.1. The zero-order valence-electron chi connectivity index (χ0n) is 15.0. The third kappa shape index (κ3) is 3.24. The van der Waals surface area contributed by atoms with E-state index in [-0.39, 0.29) is 0 Å². The molecule has 0 bridgehead atoms. The number of carbonyl (C=O) groups is 1. The molecule has 0 aliphatic carbocycles. The Labute approximate surface area is 153 Å². The van der Waals surface area contributed by atoms with Gasteiger partial charge in [-0.25, -0.2) is 4.79 Å². The van der Waals surface area contributed by atoms with E-state index in [2.05, 4.69) is 47.1 Å². The molecule has 1 atom stereocenters. The van der Waals surface area contributed by atoms with Crippen LogP contribution in [0.4, 0.5) is 10.5 Å². The third-order valence-corrected chi connectivity index (χ3v) is 5.48. The second-order valence-electron chi connectivity index (χ2n) is 7.05. The highest BCUT2D eigenvalue weighted by molar-refractivity contribution is 5.65. The van der Waals surface area contributed by atoms with E-state index in [4.69, 9.17) is 10.1 Å². The van der Waals surface area contributed by atoms with Crippen molar-refractivity contribution >= 4 is 11.8 Å². The lowest BCUT2D eigenvalue weighted by Crippen LogP contribution is -2.48. The highest BCUT2D eigenvalue weighted by atomic mass is 16.4. The van der Waals surface area contributed by atoms with E-state index in [0.29, 0.717) is 19.1 Å². The Balaban J connectivity index is 1.46. The molecule has 1 aromatic heterocycles. The van der Waals surface area contributed by atoms with Gasteiger partial charge < -0.3 is 14.9 Å². The van der Waals surface area contributed by atoms with E-state index >= 15 is 0 Å². The molecule has 4 rings (SSSR count). The average molecular weight is 352 g/mol. The van der Waals surface area contributed by atoms with Crippen molar-refractivity contribution < 1.29 is 9.90 Å². The molecule has 1 aromatic carbocycles. The normalized spacial score (nSPS) is 20.3. The first-order valence-corrected chi connectivity index (χ1v) is 9.11. The number of carboxylic acid groups (broad SMARTS) is 1. The van der Waals surface area contributed by atoms with Crippen molar-refractivity contribution in [2.24, 2.45) is 0 Å². The van der Waals surface area contributed by atoms with Crippen LogP contribution in [0.1, 0.15) is 29.8 Å². The van der Waals surface area contributed by atoms with Gasteiger partial charge in [0.1, 0.15) is 0 Å². The summed E-state index contributed by atoms with van der Waals surface area (Å²) in [6.07, 6.45) is 1.11. The van der Waals surface area contributed by atoms with Gasteiger partial charge in [-0.2, -0.15) is 0 Å². The van der Waals surface area contributed by atoms with Crippen molar-refractivity contribution in [1.82, 2.24) is 14.8 Å². The molecule has 1 saturated heterocycles. The number of benzene rings is 1. The van der Waals surface area contributed by atoms with Crippen LogP contribution >= 0.6 is 0 Å². The number of pyridine rings is 1. The second-order valence-corrected chi connectivity index (χ2v) is 7.05. The van der Waals surface area contributed by atoms with E-state index < -0.39 is 6.09 Å². The maximum atomic E-state index is 11.1. The molecule has 2 aliphatic heterocycles. The molecule has 3 heterocycles. The Kier molecular flexibility index (Phi) is 4.51. The standard InChI is InChI=1S/C20H24N4O2/c1-15-18-11-17(22-7-9-23(10-8-22)20(25)26)12-21-19(18)14-24(15)13-16-5-3-2-4-6-16/h2-6,11-12,15H,7-10,13-14H2,1H3,(H,25,26)/t15-/m0/s1. The van der Waals surface area contributed by atoms with Gasteiger partial charge in [-0.05, 0) is 24.1 Å². The number of amides is 1. The number of nitrogens with zero attached hydrogens (tertiary/aromatic N) is 4. The molecule has 1 amide bonds. The summed E-state index contributed by atoms with van der Waals surface area (Å²) in [5.74, 6) is 0. The third-order valence-electron chi connectivity index (χ3n) is 5.48. The summed E-state index contributed by atoms with van der Waals surface area (Å²) in [5, 5.41) is 9.10. The minimum absolute atomic E-state index is 0.331. The van der Waals surface area contributed by atoms with Crippen molar-refractivity contribution in [1.29, 1.82) is 0 Å². The Morgan fingerprint density at radius 2 is 1.92 bits per heavy atom. The summed E-state index contributed by atoms with van der Waals surface area (Å²) in [4.78, 5) is 21.9. The van der Waals surface area contributed by atoms with Gasteiger partial charge in [0.2, 0.25) is 0 Å². The number of aromatic nitrogens is 1. The van der Waals surface area contributed by atoms with Gasteiger partial charge in [0, 0.05) is 45.3 Å². The lowest BCUT2D eigenvalue weighted by molar-refractivity contribution is 0.142. The minimum atomic E-state index is -0.832. The van der Waals surface area contributed by atoms with Crippen LogP contribution in [0.3, 0.4) is 0 Å². The first kappa shape index (κ1) is 16.8. The van der Waals surface area contributed by atoms with Crippen molar-refractivity contribution in [2.75, 3.05) is 31.1 Å². The number of rotatable bonds is 3. The number of hydrogen-bond donors (Lipinski definition) is 1. The zero-order valence-corrected chi connectivity index (χ0v) is 15.0. The van der Waals surface area contributed by atoms with Gasteiger partial charge in [0.15, 0.2) is 0 Å². The molecule has 2 aromatic rings. The maximum absolute atomic E-state index is 11.1. The van der Waals surface area contributed by atoms with E-state index in [1.165, 1.54) is 16.0 Å². The summed E-state index contributed by atoms with van der Waals surface area (Å²) < 4.78 is 0. The van der Waals surface area contributed by atoms with Gasteiger partial charge in [-0.3, -0.25) is 9.88 Å². The molecule has 6 heteroatoms. The van der Waals surface area contributed by atoms with Crippen molar-refractivity contribution in [3.05, 3.63) is 59.4 Å². The van der Waals surface area contributed by atoms with Crippen LogP contribution in [0.5, 0.6) is 0 Å². The molecule has 6 nitrogen and oxygen atoms in total. The predicted octanol–water partition coefficient (Wildman–Crippen LogP) is 2.96. The van der Waals surface area contributed by atoms with Gasteiger partial charge in [-0.15, -0.1) is 0 Å². The quantitative estimate of drug-likeness (QED) is 0.920. The Bertz CT molecular complexity index is 788. The fourth-order valence-electron chi connectivity index (χ4n) is 3.86. The minimum Gasteiger partial charge on any atom is -0.465 e. The molecular weight excluding hydrogens is 328 g/mol. The van der Waals surface area contributed by atoms with Crippen LogP contribution in [0, 0.1) is 0 Å². The van der Waals surface area contributed by atoms with Crippen LogP contribution in [-0.4, -0.2) is 52.2 Å². The maximum Gasteiger partial charge on any atom is 0.407 e. The van der Waals surface area contributed by atoms with E-state index in [1.807, 2.05) is 12.3 Å². The molecule has 2 aliphatic rings. The summed E-state index contributed by atoms with van der Waals surface area (Å²) in [6.45, 7) is 6.56. The van der Waals surface area contributed by atoms with Gasteiger partial charge in [0.25, 0.3) is 0 Å². The van der Waals surface area contributed by atoms with Crippen molar-refractivity contribution in [2.45, 2.75) is 26.1 Å². The molecule has 26 heavy (non-hydrogen) atoms. The lowest BCUT2D eigenvalue weighted by Gasteiger charge is -2.34. The summed E-state index contributed by atoms with van der Waals surface area (Å²) in [7, 11) is 0. The van der Waals surface area contributed by atoms with Crippen LogP contribution in [0.15, 0.2) is 42.6 Å². The molecule has 1 fully saturated rings. The molecule has 1 N–H and O–H groups in total. The first-order valence-electron chi connectivity index (χ1n) is 9.11. The molecular formula is C20H24N4O2. The lowest BCUT2D eigenvalue weighted by atomic mass is 10.1. The van der Waals surface area contributed by atoms with Crippen molar-refractivity contribution in [3.63, 3.8) is 0 Å². The topological polar surface area (TPSA) is 59.9 Å². The number of anilines is 1. The Hall–Kier alpha value is -2.60. The molecule has 136 valence electrons. The highest BCUT2D eigenvalue weighted by Crippen LogP contribution is 2.35. The van der Waals surface area contributed by atoms with E-state index in [0.717, 1.165) is 37.6 Å². The molecule has 0 saturated carbocycles. The van der Waals surface area contributed by atoms with Crippen LogP contribution in [-0.2, 0) is 13.1 Å². The predicted molar refractivity (Wildman–Crippen MR) is 100 cm³/mol. The second kappa shape index (κ2) is 6.96. The Morgan fingerprint density at radius 3 is 2.62 bits per heavy atom. The van der Waals surface area contributed by atoms with Crippen LogP contribution in [0.2, 0.25) is 0 Å². The summed E-state index contributed by atoms with van der Waals surface area (Å²) >= 11 is 0. The van der Waals surface area contributed by atoms with Crippen LogP contribution in [0.25, 0.3) is 0 Å². The number of hydrogen-bond acceptors (Lipinski definition) is 4. The smallest absolute Gasteiger partial charge is 0.407 e. The Morgan fingerprint density at radius 1 is 1.19 bits per heavy atom. The molecule has 0 radical (unpaired) electrons. The number of piperazine rings is 1.